The van der Waals surface area contributed by atoms with E-state index < -0.39 is 10.8 Å². The average Bonchev–Trinajstić information content (AvgIpc) is 3.05. The lowest BCUT2D eigenvalue weighted by molar-refractivity contribution is 0.101. The van der Waals surface area contributed by atoms with Crippen molar-refractivity contribution in [3.8, 4) is 5.69 Å². The molecule has 2 aromatic heterocycles. The van der Waals surface area contributed by atoms with Crippen molar-refractivity contribution >= 4 is 55.0 Å². The summed E-state index contributed by atoms with van der Waals surface area (Å²) in [5.41, 5.74) is 1.96. The fourth-order valence-electron chi connectivity index (χ4n) is 2.39. The fourth-order valence-corrected chi connectivity index (χ4v) is 3.41. The van der Waals surface area contributed by atoms with Gasteiger partial charge in [-0.1, -0.05) is 11.6 Å². The summed E-state index contributed by atoms with van der Waals surface area (Å²) in [6, 6.07) is 7.41. The Labute approximate surface area is 143 Å². The molecule has 0 bridgehead atoms. The first-order valence-corrected chi connectivity index (χ1v) is 9.34. The predicted octanol–water partition coefficient (Wildman–Crippen LogP) is 3.94. The Morgan fingerprint density at radius 3 is 2.68 bits per heavy atom. The van der Waals surface area contributed by atoms with Crippen LogP contribution in [0.5, 0.6) is 0 Å². The lowest BCUT2D eigenvalue weighted by atomic mass is 10.2. The van der Waals surface area contributed by atoms with Crippen molar-refractivity contribution < 1.29 is 9.00 Å². The largest absolute Gasteiger partial charge is 0.350 e. The number of nitrogens with zero attached hydrogens (tertiary/aromatic N) is 1. The quantitative estimate of drug-likeness (QED) is 0.676. The van der Waals surface area contributed by atoms with Crippen LogP contribution in [0.25, 0.3) is 16.6 Å². The van der Waals surface area contributed by atoms with Crippen molar-refractivity contribution in [3.63, 3.8) is 0 Å². The van der Waals surface area contributed by atoms with Crippen molar-refractivity contribution in [2.75, 3.05) is 12.0 Å². The van der Waals surface area contributed by atoms with Crippen molar-refractivity contribution in [2.45, 2.75) is 0 Å². The number of hydrogen-bond donors (Lipinski definition) is 1. The van der Waals surface area contributed by atoms with E-state index in [-0.39, 0.29) is 11.5 Å². The number of ketones is 1. The van der Waals surface area contributed by atoms with Crippen LogP contribution < -0.4 is 0 Å². The van der Waals surface area contributed by atoms with Gasteiger partial charge in [-0.2, -0.15) is 0 Å². The molecule has 3 rings (SSSR count). The van der Waals surface area contributed by atoms with E-state index in [0.29, 0.717) is 10.7 Å². The second-order valence-electron chi connectivity index (χ2n) is 4.89. The highest BCUT2D eigenvalue weighted by atomic mass is 79.9. The first kappa shape index (κ1) is 15.5. The van der Waals surface area contributed by atoms with Crippen LogP contribution in [0.1, 0.15) is 10.5 Å². The van der Waals surface area contributed by atoms with Crippen LogP contribution in [0.4, 0.5) is 0 Å². The summed E-state index contributed by atoms with van der Waals surface area (Å²) in [6.45, 7) is 0. The second kappa shape index (κ2) is 6.02. The normalized spacial score (nSPS) is 12.7. The van der Waals surface area contributed by atoms with E-state index in [2.05, 4.69) is 20.9 Å². The predicted molar refractivity (Wildman–Crippen MR) is 93.6 cm³/mol. The van der Waals surface area contributed by atoms with Gasteiger partial charge in [0.15, 0.2) is 5.78 Å². The Hall–Kier alpha value is -1.37. The van der Waals surface area contributed by atoms with E-state index in [1.807, 2.05) is 41.2 Å². The molecule has 0 aliphatic heterocycles. The molecule has 114 valence electrons. The molecule has 1 N–H and O–H groups in total. The summed E-state index contributed by atoms with van der Waals surface area (Å²) < 4.78 is 14.0. The number of H-pyrrole nitrogens is 1. The van der Waals surface area contributed by atoms with Gasteiger partial charge in [0, 0.05) is 44.8 Å². The Morgan fingerprint density at radius 2 is 2.05 bits per heavy atom. The summed E-state index contributed by atoms with van der Waals surface area (Å²) in [7, 11) is -1.20. The lowest BCUT2D eigenvalue weighted by Crippen LogP contribution is -2.12. The van der Waals surface area contributed by atoms with Gasteiger partial charge < -0.3 is 9.55 Å². The molecule has 7 heteroatoms. The summed E-state index contributed by atoms with van der Waals surface area (Å²) in [5, 5.41) is 1.41. The molecule has 2 heterocycles. The molecule has 0 aliphatic rings. The summed E-state index contributed by atoms with van der Waals surface area (Å²) in [6.07, 6.45) is 5.24. The highest BCUT2D eigenvalue weighted by Gasteiger charge is 2.20. The molecular formula is C15H12BrClN2O2S. The second-order valence-corrected chi connectivity index (χ2v) is 7.59. The van der Waals surface area contributed by atoms with Crippen molar-refractivity contribution in [2.24, 2.45) is 0 Å². The Balaban J connectivity index is 2.29. The minimum atomic E-state index is -1.20. The molecule has 1 aromatic carbocycles. The van der Waals surface area contributed by atoms with Crippen LogP contribution in [0, 0.1) is 0 Å². The standard InChI is InChI=1S/C15H12BrClN2O2S/c1-22(21)8-13(20)14-15(19-4-2-3-5-19)9-6-11(17)10(16)7-12(9)18-14/h2-7,18H,8H2,1H3. The summed E-state index contributed by atoms with van der Waals surface area (Å²) in [5.74, 6) is -0.205. The van der Waals surface area contributed by atoms with Gasteiger partial charge in [0.25, 0.3) is 0 Å². The zero-order valence-electron chi connectivity index (χ0n) is 11.6. The van der Waals surface area contributed by atoms with Crippen LogP contribution in [0.15, 0.2) is 41.1 Å². The number of aromatic nitrogens is 2. The van der Waals surface area contributed by atoms with Gasteiger partial charge in [-0.15, -0.1) is 0 Å². The van der Waals surface area contributed by atoms with Crippen LogP contribution in [0.2, 0.25) is 5.02 Å². The highest BCUT2D eigenvalue weighted by molar-refractivity contribution is 9.10. The molecule has 0 amide bonds. The Morgan fingerprint density at radius 1 is 1.36 bits per heavy atom. The zero-order valence-corrected chi connectivity index (χ0v) is 14.8. The highest BCUT2D eigenvalue weighted by Crippen LogP contribution is 2.33. The Kier molecular flexibility index (Phi) is 4.25. The maximum atomic E-state index is 12.4. The van der Waals surface area contributed by atoms with Crippen molar-refractivity contribution in [1.82, 2.24) is 9.55 Å². The molecule has 0 aliphatic carbocycles. The molecule has 3 aromatic rings. The minimum absolute atomic E-state index is 0.0179. The number of Topliss-reactive ketones (excluding diaryl/α,β-unsaturated/α-hetero) is 1. The molecule has 0 spiro atoms. The van der Waals surface area contributed by atoms with Gasteiger partial charge in [-0.05, 0) is 40.2 Å². The number of rotatable bonds is 4. The number of halogens is 2. The molecule has 0 radical (unpaired) electrons. The van der Waals surface area contributed by atoms with Crippen LogP contribution >= 0.6 is 27.5 Å². The maximum absolute atomic E-state index is 12.4. The third-order valence-electron chi connectivity index (χ3n) is 3.29. The number of nitrogens with one attached hydrogen (secondary N) is 1. The van der Waals surface area contributed by atoms with E-state index in [1.54, 1.807) is 0 Å². The number of carbonyl (C=O) groups excluding carboxylic acids is 1. The molecule has 0 fully saturated rings. The van der Waals surface area contributed by atoms with E-state index >= 15 is 0 Å². The third-order valence-corrected chi connectivity index (χ3v) is 5.15. The molecule has 1 atom stereocenters. The van der Waals surface area contributed by atoms with Crippen LogP contribution in [-0.4, -0.2) is 31.6 Å². The summed E-state index contributed by atoms with van der Waals surface area (Å²) in [4.78, 5) is 15.6. The number of hydrogen-bond acceptors (Lipinski definition) is 2. The van der Waals surface area contributed by atoms with Gasteiger partial charge in [-0.25, -0.2) is 0 Å². The number of carbonyl (C=O) groups is 1. The smallest absolute Gasteiger partial charge is 0.193 e. The van der Waals surface area contributed by atoms with E-state index in [1.165, 1.54) is 6.26 Å². The van der Waals surface area contributed by atoms with Gasteiger partial charge in [0.05, 0.1) is 16.5 Å². The zero-order chi connectivity index (χ0) is 15.9. The fraction of sp³-hybridized carbons (Fsp3) is 0.133. The van der Waals surface area contributed by atoms with E-state index in [0.717, 1.165) is 21.1 Å². The molecule has 0 saturated carbocycles. The van der Waals surface area contributed by atoms with Gasteiger partial charge >= 0.3 is 0 Å². The first-order chi connectivity index (χ1) is 10.5. The maximum Gasteiger partial charge on any atom is 0.193 e. The SMILES string of the molecule is CS(=O)CC(=O)c1[nH]c2cc(Br)c(Cl)cc2c1-n1cccc1. The average molecular weight is 400 g/mol. The molecule has 22 heavy (non-hydrogen) atoms. The van der Waals surface area contributed by atoms with Gasteiger partial charge in [-0.3, -0.25) is 9.00 Å². The van der Waals surface area contributed by atoms with Crippen molar-refractivity contribution in [3.05, 3.63) is 51.8 Å². The third kappa shape index (κ3) is 2.78. The van der Waals surface area contributed by atoms with E-state index in [4.69, 9.17) is 11.6 Å². The number of benzene rings is 1. The number of aromatic amines is 1. The van der Waals surface area contributed by atoms with Crippen LogP contribution in [-0.2, 0) is 10.8 Å². The molecule has 0 saturated heterocycles. The topological polar surface area (TPSA) is 54.9 Å². The van der Waals surface area contributed by atoms with Gasteiger partial charge in [0.1, 0.15) is 5.69 Å². The molecule has 1 unspecified atom stereocenters. The van der Waals surface area contributed by atoms with Crippen molar-refractivity contribution in [1.29, 1.82) is 0 Å². The number of fused-ring (bicyclic) bond motifs is 1. The molecule has 4 nitrogen and oxygen atoms in total. The van der Waals surface area contributed by atoms with Gasteiger partial charge in [0.2, 0.25) is 0 Å². The van der Waals surface area contributed by atoms with E-state index in [9.17, 15) is 9.00 Å². The molecular weight excluding hydrogens is 388 g/mol. The Bertz CT molecular complexity index is 887. The minimum Gasteiger partial charge on any atom is -0.350 e. The lowest BCUT2D eigenvalue weighted by Gasteiger charge is -2.05. The summed E-state index contributed by atoms with van der Waals surface area (Å²) >= 11 is 9.57. The monoisotopic (exact) mass is 398 g/mol. The van der Waals surface area contributed by atoms with Crippen LogP contribution in [0.3, 0.4) is 0 Å². The first-order valence-electron chi connectivity index (χ1n) is 6.44.